The van der Waals surface area contributed by atoms with E-state index in [1.54, 1.807) is 14.2 Å². The van der Waals surface area contributed by atoms with Gasteiger partial charge in [-0.25, -0.2) is 9.59 Å². The molecule has 1 aromatic heterocycles. The van der Waals surface area contributed by atoms with Crippen LogP contribution in [-0.4, -0.2) is 66.0 Å². The van der Waals surface area contributed by atoms with Crippen molar-refractivity contribution in [2.75, 3.05) is 26.1 Å². The number of anilines is 1. The summed E-state index contributed by atoms with van der Waals surface area (Å²) in [5.41, 5.74) is 2.86. The summed E-state index contributed by atoms with van der Waals surface area (Å²) in [6, 6.07) is 16.8. The molecule has 2 heterocycles. The second kappa shape index (κ2) is 14.6. The number of hydrogen-bond donors (Lipinski definition) is 3. The topological polar surface area (TPSA) is 113 Å². The molecule has 5 rings (SSSR count). The van der Waals surface area contributed by atoms with Crippen LogP contribution in [0, 0.1) is 0 Å². The van der Waals surface area contributed by atoms with Gasteiger partial charge in [0.1, 0.15) is 0 Å². The molecule has 14 heteroatoms. The molecule has 242 valence electrons. The summed E-state index contributed by atoms with van der Waals surface area (Å²) in [7, 11) is 3.33. The molecule has 45 heavy (non-hydrogen) atoms. The molecule has 0 radical (unpaired) electrons. The van der Waals surface area contributed by atoms with Gasteiger partial charge in [0.15, 0.2) is 11.5 Å². The molecule has 2 aliphatic rings. The largest absolute Gasteiger partial charge is 0.493 e. The minimum absolute atomic E-state index is 0.00373. The molecule has 2 aromatic carbocycles. The fourth-order valence-corrected chi connectivity index (χ4v) is 6.59. The number of carboxylic acids is 1. The molecule has 3 N–H and O–H groups in total. The maximum Gasteiger partial charge on any atom is 0.490 e. The fourth-order valence-electron chi connectivity index (χ4n) is 6.13. The maximum absolute atomic E-state index is 12.9. The summed E-state index contributed by atoms with van der Waals surface area (Å²) < 4.78 is 42.9. The van der Waals surface area contributed by atoms with Crippen LogP contribution in [0.5, 0.6) is 11.5 Å². The molecule has 1 saturated heterocycles. The molecule has 0 bridgehead atoms. The summed E-state index contributed by atoms with van der Waals surface area (Å²) in [6.45, 7) is 1.84. The third kappa shape index (κ3) is 8.11. The Morgan fingerprint density at radius 1 is 1.04 bits per heavy atom. The van der Waals surface area contributed by atoms with Crippen molar-refractivity contribution in [1.29, 1.82) is 0 Å². The maximum atomic E-state index is 12.9. The minimum Gasteiger partial charge on any atom is -0.493 e. The number of carboxylic acid groups (broad SMARTS) is 1. The van der Waals surface area contributed by atoms with E-state index in [0.717, 1.165) is 50.3 Å². The van der Waals surface area contributed by atoms with Gasteiger partial charge >= 0.3 is 18.2 Å². The van der Waals surface area contributed by atoms with E-state index in [1.807, 2.05) is 12.1 Å². The Morgan fingerprint density at radius 2 is 1.69 bits per heavy atom. The van der Waals surface area contributed by atoms with Gasteiger partial charge in [-0.3, -0.25) is 9.88 Å². The molecule has 1 aliphatic carbocycles. The number of urea groups is 1. The average molecular weight is 670 g/mol. The molecule has 1 saturated carbocycles. The first-order valence-electron chi connectivity index (χ1n) is 14.0. The lowest BCUT2D eigenvalue weighted by Crippen LogP contribution is -2.52. The van der Waals surface area contributed by atoms with Crippen molar-refractivity contribution in [2.45, 2.75) is 55.9 Å². The summed E-state index contributed by atoms with van der Waals surface area (Å²) >= 11 is 12.4. The Balaban J connectivity index is 0.000000591. The lowest BCUT2D eigenvalue weighted by atomic mass is 9.65. The highest BCUT2D eigenvalue weighted by molar-refractivity contribution is 6.39. The Labute approximate surface area is 268 Å². The van der Waals surface area contributed by atoms with Crippen LogP contribution < -0.4 is 20.1 Å². The second-order valence-corrected chi connectivity index (χ2v) is 11.6. The number of methoxy groups -OCH3 is 2. The number of alkyl halides is 3. The number of halogens is 5. The first kappa shape index (κ1) is 34.1. The Morgan fingerprint density at radius 3 is 2.29 bits per heavy atom. The average Bonchev–Trinajstić information content (AvgIpc) is 3.37. The molecule has 3 aromatic rings. The Hall–Kier alpha value is -3.74. The quantitative estimate of drug-likeness (QED) is 0.250. The van der Waals surface area contributed by atoms with E-state index < -0.39 is 12.1 Å². The summed E-state index contributed by atoms with van der Waals surface area (Å²) in [5, 5.41) is 13.7. The van der Waals surface area contributed by atoms with E-state index in [9.17, 15) is 18.0 Å². The summed E-state index contributed by atoms with van der Waals surface area (Å²) in [6.07, 6.45) is 1.51. The number of benzene rings is 2. The van der Waals surface area contributed by atoms with E-state index in [2.05, 4.69) is 56.9 Å². The normalized spacial score (nSPS) is 21.1. The summed E-state index contributed by atoms with van der Waals surface area (Å²) in [5.74, 6) is -1.29. The van der Waals surface area contributed by atoms with Gasteiger partial charge < -0.3 is 25.2 Å². The fraction of sp³-hybridized carbons (Fsp3) is 0.387. The van der Waals surface area contributed by atoms with Crippen LogP contribution >= 0.6 is 23.2 Å². The molecule has 0 spiro atoms. The predicted octanol–water partition coefficient (Wildman–Crippen LogP) is 6.93. The predicted molar refractivity (Wildman–Crippen MR) is 164 cm³/mol. The monoisotopic (exact) mass is 668 g/mol. The van der Waals surface area contributed by atoms with E-state index in [4.69, 9.17) is 42.6 Å². The number of amides is 2. The Bertz CT molecular complexity index is 1480. The van der Waals surface area contributed by atoms with E-state index >= 15 is 0 Å². The van der Waals surface area contributed by atoms with Crippen LogP contribution in [0.1, 0.15) is 36.8 Å². The molecule has 2 fully saturated rings. The third-order valence-corrected chi connectivity index (χ3v) is 8.80. The Kier molecular flexibility index (Phi) is 11.1. The van der Waals surface area contributed by atoms with Gasteiger partial charge in [-0.05, 0) is 55.5 Å². The molecule has 0 unspecified atom stereocenters. The van der Waals surface area contributed by atoms with Crippen molar-refractivity contribution in [1.82, 2.24) is 15.2 Å². The zero-order valence-corrected chi connectivity index (χ0v) is 26.0. The van der Waals surface area contributed by atoms with Crippen molar-refractivity contribution < 1.29 is 37.3 Å². The number of fused-ring (bicyclic) bond motifs is 1. The number of ether oxygens (including phenoxy) is 2. The number of rotatable bonds is 7. The number of aliphatic carboxylic acids is 1. The molecular weight excluding hydrogens is 636 g/mol. The highest BCUT2D eigenvalue weighted by Crippen LogP contribution is 2.50. The number of aromatic nitrogens is 1. The van der Waals surface area contributed by atoms with Crippen molar-refractivity contribution in [3.8, 4) is 11.5 Å². The number of carbonyl (C=O) groups is 2. The number of nitrogens with one attached hydrogen (secondary N) is 2. The van der Waals surface area contributed by atoms with Crippen molar-refractivity contribution in [3.05, 3.63) is 82.1 Å². The van der Waals surface area contributed by atoms with E-state index in [0.29, 0.717) is 15.7 Å². The zero-order valence-electron chi connectivity index (χ0n) is 24.5. The molecule has 2 amide bonds. The number of pyridine rings is 1. The smallest absolute Gasteiger partial charge is 0.490 e. The van der Waals surface area contributed by atoms with Crippen LogP contribution in [0.25, 0.3) is 0 Å². The van der Waals surface area contributed by atoms with Gasteiger partial charge in [0.2, 0.25) is 0 Å². The van der Waals surface area contributed by atoms with E-state index in [-0.39, 0.29) is 23.5 Å². The molecule has 9 nitrogen and oxygen atoms in total. The van der Waals surface area contributed by atoms with Crippen LogP contribution in [0.15, 0.2) is 60.9 Å². The first-order valence-corrected chi connectivity index (χ1v) is 14.8. The van der Waals surface area contributed by atoms with Crippen molar-refractivity contribution in [2.24, 2.45) is 0 Å². The van der Waals surface area contributed by atoms with Crippen LogP contribution in [0.2, 0.25) is 10.0 Å². The van der Waals surface area contributed by atoms with Crippen LogP contribution in [0.4, 0.5) is 23.7 Å². The number of likely N-dealkylation sites (tertiary alicyclic amines) is 1. The van der Waals surface area contributed by atoms with Gasteiger partial charge in [0.05, 0.1) is 30.0 Å². The second-order valence-electron chi connectivity index (χ2n) is 10.8. The van der Waals surface area contributed by atoms with Crippen molar-refractivity contribution >= 4 is 40.9 Å². The third-order valence-electron chi connectivity index (χ3n) is 8.23. The van der Waals surface area contributed by atoms with Crippen LogP contribution in [-0.2, 0) is 16.8 Å². The minimum atomic E-state index is -5.08. The lowest BCUT2D eigenvalue weighted by molar-refractivity contribution is -0.192. The van der Waals surface area contributed by atoms with Gasteiger partial charge in [-0.2, -0.15) is 13.2 Å². The highest BCUT2D eigenvalue weighted by Gasteiger charge is 2.51. The highest BCUT2D eigenvalue weighted by atomic mass is 35.5. The molecule has 1 aliphatic heterocycles. The number of carbonyl (C=O) groups excluding carboxylic acids is 1. The van der Waals surface area contributed by atoms with Crippen LogP contribution in [0.3, 0.4) is 0 Å². The SMILES string of the molecule is COc1ccc([C@@]23CC[C@@H](NC(=O)Nc4c(Cl)cncc4Cl)C[C@@H]2N(Cc2ccccc2)CC3)cc1OC.O=C(O)C(F)(F)F. The first-order chi connectivity index (χ1) is 21.4. The van der Waals surface area contributed by atoms with Gasteiger partial charge in [0, 0.05) is 36.4 Å². The number of hydrogen-bond acceptors (Lipinski definition) is 6. The lowest BCUT2D eigenvalue weighted by Gasteiger charge is -2.45. The zero-order chi connectivity index (χ0) is 32.8. The van der Waals surface area contributed by atoms with Crippen molar-refractivity contribution in [3.63, 3.8) is 0 Å². The van der Waals surface area contributed by atoms with Gasteiger partial charge in [-0.15, -0.1) is 0 Å². The van der Waals surface area contributed by atoms with Gasteiger partial charge in [-0.1, -0.05) is 59.6 Å². The number of nitrogens with zero attached hydrogens (tertiary/aromatic N) is 2. The van der Waals surface area contributed by atoms with E-state index in [1.165, 1.54) is 23.5 Å². The standard InChI is InChI=1S/C29H32Cl2N4O3.C2HF3O2/c1-37-24-9-8-20(14-25(24)38-2)29-11-10-21(33-28(36)34-27-22(30)16-32-17-23(27)31)15-26(29)35(13-12-29)18-19-6-4-3-5-7-19;3-2(4,5)1(6)7/h3-9,14,16-17,21,26H,10-13,15,18H2,1-2H3,(H2,32,33,34,36);(H,6,7)/t21-,26+,29+;/m1./s1. The molecular formula is C31H33Cl2F3N4O5. The van der Waals surface area contributed by atoms with Gasteiger partial charge in [0.25, 0.3) is 0 Å². The summed E-state index contributed by atoms with van der Waals surface area (Å²) in [4.78, 5) is 28.4. The molecule has 3 atom stereocenters.